The Labute approximate surface area is 98.8 Å². The molecule has 0 atom stereocenters. The fourth-order valence-electron chi connectivity index (χ4n) is 1.02. The summed E-state index contributed by atoms with van der Waals surface area (Å²) in [6, 6.07) is 5.68. The van der Waals surface area contributed by atoms with E-state index in [0.29, 0.717) is 0 Å². The molecule has 0 aliphatic rings. The summed E-state index contributed by atoms with van der Waals surface area (Å²) in [6.07, 6.45) is 3.34. The summed E-state index contributed by atoms with van der Waals surface area (Å²) in [7, 11) is 0. The number of nitrogen functional groups attached to an aromatic ring is 1. The Hall–Kier alpha value is 0.01000. The third-order valence-electron chi connectivity index (χ3n) is 1.71. The molecule has 0 amide bonds. The van der Waals surface area contributed by atoms with Crippen molar-refractivity contribution < 1.29 is 0 Å². The van der Waals surface area contributed by atoms with E-state index in [1.54, 1.807) is 17.8 Å². The van der Waals surface area contributed by atoms with Gasteiger partial charge in [-0.2, -0.15) is 11.8 Å². The smallest absolute Gasteiger partial charge is 0.0562 e. The van der Waals surface area contributed by atoms with Crippen molar-refractivity contribution in [3.8, 4) is 0 Å². The van der Waals surface area contributed by atoms with Gasteiger partial charge in [-0.25, -0.2) is 0 Å². The minimum Gasteiger partial charge on any atom is -0.399 e. The number of anilines is 1. The largest absolute Gasteiger partial charge is 0.399 e. The van der Waals surface area contributed by atoms with Gasteiger partial charge in [0, 0.05) is 10.6 Å². The monoisotopic (exact) mass is 247 g/mol. The lowest BCUT2D eigenvalue weighted by Gasteiger charge is -2.04. The molecular weight excluding hydrogens is 234 g/mol. The molecule has 0 aliphatic heterocycles. The predicted octanol–water partition coefficient (Wildman–Crippen LogP) is 3.77. The van der Waals surface area contributed by atoms with Crippen molar-refractivity contribution in [2.45, 2.75) is 11.3 Å². The molecule has 1 rings (SSSR count). The Balaban J connectivity index is 2.42. The molecular formula is C10H14ClNS2. The first kappa shape index (κ1) is 12.1. The van der Waals surface area contributed by atoms with Crippen LogP contribution in [0.15, 0.2) is 23.1 Å². The lowest BCUT2D eigenvalue weighted by Crippen LogP contribution is -1.86. The molecule has 14 heavy (non-hydrogen) atoms. The highest BCUT2D eigenvalue weighted by atomic mass is 35.5. The molecule has 0 saturated carbocycles. The Morgan fingerprint density at radius 3 is 2.79 bits per heavy atom. The van der Waals surface area contributed by atoms with Gasteiger partial charge in [0.15, 0.2) is 0 Å². The molecule has 1 aromatic carbocycles. The van der Waals surface area contributed by atoms with Gasteiger partial charge in [-0.05, 0) is 42.4 Å². The van der Waals surface area contributed by atoms with E-state index >= 15 is 0 Å². The van der Waals surface area contributed by atoms with Crippen LogP contribution in [-0.4, -0.2) is 17.8 Å². The summed E-state index contributed by atoms with van der Waals surface area (Å²) in [5, 5.41) is 0.763. The lowest BCUT2D eigenvalue weighted by molar-refractivity contribution is 1.12. The van der Waals surface area contributed by atoms with Gasteiger partial charge in [0.25, 0.3) is 0 Å². The van der Waals surface area contributed by atoms with Gasteiger partial charge in [-0.1, -0.05) is 11.6 Å². The van der Waals surface area contributed by atoms with E-state index in [1.165, 1.54) is 12.2 Å². The molecule has 0 radical (unpaired) electrons. The summed E-state index contributed by atoms with van der Waals surface area (Å²) in [5.41, 5.74) is 6.33. The number of halogens is 1. The summed E-state index contributed by atoms with van der Waals surface area (Å²) >= 11 is 9.71. The molecule has 1 nitrogen and oxygen atoms in total. The van der Waals surface area contributed by atoms with Gasteiger partial charge in [-0.15, -0.1) is 11.8 Å². The number of hydrogen-bond acceptors (Lipinski definition) is 3. The second-order valence-corrected chi connectivity index (χ2v) is 5.41. The second kappa shape index (κ2) is 6.49. The van der Waals surface area contributed by atoms with Crippen LogP contribution in [0.1, 0.15) is 6.42 Å². The maximum absolute atomic E-state index is 6.04. The third-order valence-corrected chi connectivity index (χ3v) is 3.99. The first-order valence-corrected chi connectivity index (χ1v) is 7.16. The third kappa shape index (κ3) is 4.03. The number of nitrogens with two attached hydrogens (primary N) is 1. The molecule has 0 saturated heterocycles. The zero-order chi connectivity index (χ0) is 10.4. The van der Waals surface area contributed by atoms with Crippen LogP contribution in [0, 0.1) is 0 Å². The van der Waals surface area contributed by atoms with Crippen LogP contribution in [0.3, 0.4) is 0 Å². The minimum atomic E-state index is 0.725. The predicted molar refractivity (Wildman–Crippen MR) is 69.6 cm³/mol. The lowest BCUT2D eigenvalue weighted by atomic mass is 10.3. The van der Waals surface area contributed by atoms with Gasteiger partial charge >= 0.3 is 0 Å². The number of benzene rings is 1. The van der Waals surface area contributed by atoms with E-state index in [-0.39, 0.29) is 0 Å². The minimum absolute atomic E-state index is 0.725. The molecule has 0 heterocycles. The normalized spacial score (nSPS) is 10.4. The van der Waals surface area contributed by atoms with Crippen molar-refractivity contribution in [1.29, 1.82) is 0 Å². The molecule has 0 aliphatic carbocycles. The molecule has 0 fully saturated rings. The molecule has 1 aromatic rings. The summed E-state index contributed by atoms with van der Waals surface area (Å²) < 4.78 is 0. The van der Waals surface area contributed by atoms with Crippen LogP contribution in [0.25, 0.3) is 0 Å². The highest BCUT2D eigenvalue weighted by molar-refractivity contribution is 8.00. The Morgan fingerprint density at radius 1 is 1.36 bits per heavy atom. The Morgan fingerprint density at radius 2 is 2.14 bits per heavy atom. The molecule has 0 bridgehead atoms. The fraction of sp³-hybridized carbons (Fsp3) is 0.400. The van der Waals surface area contributed by atoms with Gasteiger partial charge in [0.05, 0.1) is 5.02 Å². The molecule has 0 spiro atoms. The van der Waals surface area contributed by atoms with Gasteiger partial charge in [-0.3, -0.25) is 0 Å². The van der Waals surface area contributed by atoms with Crippen molar-refractivity contribution in [3.05, 3.63) is 23.2 Å². The summed E-state index contributed by atoms with van der Waals surface area (Å²) in [6.45, 7) is 0. The average Bonchev–Trinajstić information content (AvgIpc) is 2.15. The van der Waals surface area contributed by atoms with Crippen LogP contribution in [-0.2, 0) is 0 Å². The Kier molecular flexibility index (Phi) is 5.60. The van der Waals surface area contributed by atoms with Crippen LogP contribution in [0.5, 0.6) is 0 Å². The van der Waals surface area contributed by atoms with Crippen LogP contribution >= 0.6 is 35.1 Å². The van der Waals surface area contributed by atoms with Gasteiger partial charge in [0.1, 0.15) is 0 Å². The van der Waals surface area contributed by atoms with E-state index in [1.807, 2.05) is 23.9 Å². The van der Waals surface area contributed by atoms with Gasteiger partial charge in [0.2, 0.25) is 0 Å². The zero-order valence-corrected chi connectivity index (χ0v) is 10.5. The van der Waals surface area contributed by atoms with Crippen molar-refractivity contribution in [2.75, 3.05) is 23.5 Å². The Bertz CT molecular complexity index is 291. The first-order chi connectivity index (χ1) is 6.74. The molecule has 4 heteroatoms. The highest BCUT2D eigenvalue weighted by Gasteiger charge is 2.00. The van der Waals surface area contributed by atoms with Crippen molar-refractivity contribution in [2.24, 2.45) is 0 Å². The summed E-state index contributed by atoms with van der Waals surface area (Å²) in [4.78, 5) is 1.13. The fourth-order valence-corrected chi connectivity index (χ4v) is 2.86. The zero-order valence-electron chi connectivity index (χ0n) is 8.13. The van der Waals surface area contributed by atoms with Crippen LogP contribution in [0.2, 0.25) is 5.02 Å². The number of hydrogen-bond donors (Lipinski definition) is 1. The van der Waals surface area contributed by atoms with Crippen molar-refractivity contribution in [1.82, 2.24) is 0 Å². The second-order valence-electron chi connectivity index (χ2n) is 2.88. The SMILES string of the molecule is CSCCCSc1ccc(N)cc1Cl. The molecule has 0 aromatic heterocycles. The van der Waals surface area contributed by atoms with Crippen LogP contribution in [0.4, 0.5) is 5.69 Å². The standard InChI is InChI=1S/C10H14ClNS2/c1-13-5-2-6-14-10-4-3-8(12)7-9(10)11/h3-4,7H,2,5-6,12H2,1H3. The molecule has 0 unspecified atom stereocenters. The highest BCUT2D eigenvalue weighted by Crippen LogP contribution is 2.29. The van der Waals surface area contributed by atoms with Gasteiger partial charge < -0.3 is 5.73 Å². The number of thioether (sulfide) groups is 2. The van der Waals surface area contributed by atoms with Crippen LogP contribution < -0.4 is 5.73 Å². The quantitative estimate of drug-likeness (QED) is 0.487. The maximum Gasteiger partial charge on any atom is 0.0562 e. The molecule has 78 valence electrons. The first-order valence-electron chi connectivity index (χ1n) is 4.41. The van der Waals surface area contributed by atoms with E-state index in [4.69, 9.17) is 17.3 Å². The van der Waals surface area contributed by atoms with E-state index in [9.17, 15) is 0 Å². The topological polar surface area (TPSA) is 26.0 Å². The van der Waals surface area contributed by atoms with E-state index in [0.717, 1.165) is 21.4 Å². The summed E-state index contributed by atoms with van der Waals surface area (Å²) in [5.74, 6) is 2.32. The molecule has 2 N–H and O–H groups in total. The maximum atomic E-state index is 6.04. The van der Waals surface area contributed by atoms with E-state index in [2.05, 4.69) is 6.26 Å². The van der Waals surface area contributed by atoms with Crippen molar-refractivity contribution in [3.63, 3.8) is 0 Å². The number of rotatable bonds is 5. The van der Waals surface area contributed by atoms with Crippen molar-refractivity contribution >= 4 is 40.8 Å². The average molecular weight is 248 g/mol. The van der Waals surface area contributed by atoms with E-state index < -0.39 is 0 Å².